The molecule has 0 unspecified atom stereocenters. The Morgan fingerprint density at radius 2 is 1.67 bits per heavy atom. The summed E-state index contributed by atoms with van der Waals surface area (Å²) in [6, 6.07) is 4.39. The van der Waals surface area contributed by atoms with Gasteiger partial charge in [-0.1, -0.05) is 0 Å². The molecule has 2 heteroatoms. The van der Waals surface area contributed by atoms with Crippen LogP contribution in [0.2, 0.25) is 14.8 Å². The topological polar surface area (TPSA) is 12.9 Å². The predicted molar refractivity (Wildman–Crippen MR) is 56.7 cm³/mol. The van der Waals surface area contributed by atoms with E-state index in [9.17, 15) is 0 Å². The van der Waals surface area contributed by atoms with Crippen LogP contribution < -0.4 is 3.71 Å². The molecule has 0 atom stereocenters. The Balaban J connectivity index is 3.18. The number of aromatic nitrogens is 1. The van der Waals surface area contributed by atoms with Crippen molar-refractivity contribution in [2.24, 2.45) is 0 Å². The Kier molecular flexibility index (Phi) is 2.81. The molecule has 0 aromatic carbocycles. The van der Waals surface area contributed by atoms with Crippen LogP contribution in [0.5, 0.6) is 0 Å². The van der Waals surface area contributed by atoms with Crippen LogP contribution >= 0.6 is 0 Å². The molecule has 0 amide bonds. The second-order valence-electron chi connectivity index (χ2n) is 4.42. The summed E-state index contributed by atoms with van der Waals surface area (Å²) in [5, 5.41) is 0. The van der Waals surface area contributed by atoms with Gasteiger partial charge >= 0.3 is 79.1 Å². The molecule has 0 N–H and O–H groups in total. The summed E-state index contributed by atoms with van der Waals surface area (Å²) in [5.41, 5.74) is 2.51. The summed E-state index contributed by atoms with van der Waals surface area (Å²) in [7, 11) is 0. The molecule has 0 saturated carbocycles. The van der Waals surface area contributed by atoms with Crippen LogP contribution in [0.1, 0.15) is 11.3 Å². The molecular formula is C10H17NSn. The van der Waals surface area contributed by atoms with E-state index >= 15 is 0 Å². The van der Waals surface area contributed by atoms with Crippen LogP contribution in [0, 0.1) is 13.8 Å². The van der Waals surface area contributed by atoms with E-state index in [0.29, 0.717) is 0 Å². The summed E-state index contributed by atoms with van der Waals surface area (Å²) in [6.07, 6.45) is 0. The first-order valence-electron chi connectivity index (χ1n) is 4.35. The number of rotatable bonds is 1. The van der Waals surface area contributed by atoms with E-state index in [1.165, 1.54) is 9.27 Å². The minimum atomic E-state index is -1.91. The van der Waals surface area contributed by atoms with E-state index in [4.69, 9.17) is 0 Å². The summed E-state index contributed by atoms with van der Waals surface area (Å²) in [5.74, 6) is 0. The van der Waals surface area contributed by atoms with Crippen molar-refractivity contribution in [1.82, 2.24) is 4.98 Å². The molecule has 1 aromatic heterocycles. The fraction of sp³-hybridized carbons (Fsp3) is 0.500. The van der Waals surface area contributed by atoms with Gasteiger partial charge in [0.2, 0.25) is 0 Å². The SMILES string of the molecule is Cc1cc(C)n[c]([Sn]([CH3])([CH3])[CH3])c1. The fourth-order valence-corrected chi connectivity index (χ4v) is 4.57. The second-order valence-corrected chi connectivity index (χ2v) is 18.7. The molecule has 0 aliphatic rings. The summed E-state index contributed by atoms with van der Waals surface area (Å²) in [6.45, 7) is 4.23. The number of nitrogens with zero attached hydrogens (tertiary/aromatic N) is 1. The molecule has 12 heavy (non-hydrogen) atoms. The van der Waals surface area contributed by atoms with Crippen molar-refractivity contribution < 1.29 is 0 Å². The molecule has 0 saturated heterocycles. The number of aryl methyl sites for hydroxylation is 2. The van der Waals surface area contributed by atoms with Gasteiger partial charge in [0, 0.05) is 0 Å². The summed E-state index contributed by atoms with van der Waals surface area (Å²) < 4.78 is 1.39. The van der Waals surface area contributed by atoms with Gasteiger partial charge in [-0.3, -0.25) is 0 Å². The maximum atomic E-state index is 4.60. The monoisotopic (exact) mass is 271 g/mol. The molecule has 1 rings (SSSR count). The van der Waals surface area contributed by atoms with Gasteiger partial charge in [0.15, 0.2) is 0 Å². The molecule has 0 aliphatic heterocycles. The first-order chi connectivity index (χ1) is 5.39. The van der Waals surface area contributed by atoms with Crippen LogP contribution in [-0.4, -0.2) is 23.4 Å². The average molecular weight is 270 g/mol. The molecule has 1 aromatic rings. The summed E-state index contributed by atoms with van der Waals surface area (Å²) in [4.78, 5) is 11.8. The zero-order chi connectivity index (χ0) is 9.35. The first kappa shape index (κ1) is 10.0. The molecule has 1 heterocycles. The van der Waals surface area contributed by atoms with E-state index < -0.39 is 18.4 Å². The molecule has 0 aliphatic carbocycles. The van der Waals surface area contributed by atoms with Crippen LogP contribution in [0.3, 0.4) is 0 Å². The zero-order valence-electron chi connectivity index (χ0n) is 8.60. The van der Waals surface area contributed by atoms with Crippen molar-refractivity contribution in [2.45, 2.75) is 28.7 Å². The van der Waals surface area contributed by atoms with Crippen molar-refractivity contribution in [3.63, 3.8) is 0 Å². The molecule has 0 radical (unpaired) electrons. The molecule has 0 bridgehead atoms. The number of hydrogen-bond acceptors (Lipinski definition) is 1. The maximum absolute atomic E-state index is 4.60. The molecule has 0 spiro atoms. The molecular weight excluding hydrogens is 253 g/mol. The van der Waals surface area contributed by atoms with Gasteiger partial charge in [0.25, 0.3) is 0 Å². The molecule has 1 nitrogen and oxygen atoms in total. The quantitative estimate of drug-likeness (QED) is 0.713. The number of pyridine rings is 1. The molecule has 66 valence electrons. The molecule has 0 fully saturated rings. The summed E-state index contributed by atoms with van der Waals surface area (Å²) >= 11 is -1.91. The van der Waals surface area contributed by atoms with Crippen molar-refractivity contribution in [3.8, 4) is 0 Å². The van der Waals surface area contributed by atoms with E-state index in [0.717, 1.165) is 5.69 Å². The van der Waals surface area contributed by atoms with E-state index in [-0.39, 0.29) is 0 Å². The van der Waals surface area contributed by atoms with Crippen LogP contribution in [0.25, 0.3) is 0 Å². The first-order valence-corrected chi connectivity index (χ1v) is 14.3. The van der Waals surface area contributed by atoms with Crippen LogP contribution in [-0.2, 0) is 0 Å². The van der Waals surface area contributed by atoms with Crippen molar-refractivity contribution >= 4 is 22.1 Å². The normalized spacial score (nSPS) is 11.8. The van der Waals surface area contributed by atoms with Gasteiger partial charge in [-0.2, -0.15) is 0 Å². The third kappa shape index (κ3) is 2.47. The van der Waals surface area contributed by atoms with Gasteiger partial charge < -0.3 is 0 Å². The third-order valence-electron chi connectivity index (χ3n) is 1.87. The van der Waals surface area contributed by atoms with Gasteiger partial charge in [0.1, 0.15) is 0 Å². The van der Waals surface area contributed by atoms with E-state index in [1.54, 1.807) is 0 Å². The van der Waals surface area contributed by atoms with Gasteiger partial charge in [-0.25, -0.2) is 0 Å². The Morgan fingerprint density at radius 3 is 2.08 bits per heavy atom. The fourth-order valence-electron chi connectivity index (χ4n) is 1.23. The van der Waals surface area contributed by atoms with Crippen molar-refractivity contribution in [2.75, 3.05) is 0 Å². The van der Waals surface area contributed by atoms with Gasteiger partial charge in [-0.15, -0.1) is 0 Å². The minimum absolute atomic E-state index is 1.16. The van der Waals surface area contributed by atoms with Gasteiger partial charge in [0.05, 0.1) is 0 Å². The predicted octanol–water partition coefficient (Wildman–Crippen LogP) is 2.24. The van der Waals surface area contributed by atoms with E-state index in [2.05, 4.69) is 45.8 Å². The van der Waals surface area contributed by atoms with Crippen LogP contribution in [0.4, 0.5) is 0 Å². The second kappa shape index (κ2) is 3.36. The van der Waals surface area contributed by atoms with Gasteiger partial charge in [-0.05, 0) is 0 Å². The van der Waals surface area contributed by atoms with Crippen molar-refractivity contribution in [1.29, 1.82) is 0 Å². The standard InChI is InChI=1S/C7H8N.3CH3.Sn/c1-6-3-4-8-7(2)5-6;;;;/h3,5H,1-2H3;3*1H3;. The van der Waals surface area contributed by atoms with Crippen molar-refractivity contribution in [3.05, 3.63) is 23.4 Å². The van der Waals surface area contributed by atoms with E-state index in [1.807, 2.05) is 0 Å². The third-order valence-corrected chi connectivity index (χ3v) is 6.98. The average Bonchev–Trinajstić information content (AvgIpc) is 1.82. The Hall–Kier alpha value is -0.0513. The Bertz CT molecular complexity index is 266. The Labute approximate surface area is 79.1 Å². The van der Waals surface area contributed by atoms with Crippen LogP contribution in [0.15, 0.2) is 12.1 Å². The Morgan fingerprint density at radius 1 is 1.08 bits per heavy atom. The zero-order valence-corrected chi connectivity index (χ0v) is 11.5. The number of hydrogen-bond donors (Lipinski definition) is 0.